The van der Waals surface area contributed by atoms with Crippen LogP contribution in [0.5, 0.6) is 5.75 Å². The summed E-state index contributed by atoms with van der Waals surface area (Å²) in [6.07, 6.45) is 0. The molecule has 0 spiro atoms. The van der Waals surface area contributed by atoms with E-state index in [0.717, 1.165) is 16.3 Å². The fourth-order valence-corrected chi connectivity index (χ4v) is 4.02. The number of carbonyl (C=O) groups excluding carboxylic acids is 1. The number of benzene rings is 3. The van der Waals surface area contributed by atoms with Crippen LogP contribution in [0.4, 0.5) is 0 Å². The van der Waals surface area contributed by atoms with Gasteiger partial charge in [-0.15, -0.1) is 0 Å². The first-order chi connectivity index (χ1) is 13.5. The molecular weight excluding hydrogens is 376 g/mol. The molecule has 3 rings (SSSR count). The first-order valence-corrected chi connectivity index (χ1v) is 10.4. The van der Waals surface area contributed by atoms with Crippen LogP contribution in [-0.2, 0) is 16.6 Å². The second-order valence-electron chi connectivity index (χ2n) is 6.18. The Labute approximate surface area is 164 Å². The number of nitrogens with one attached hydrogen (secondary N) is 2. The third-order valence-corrected chi connectivity index (χ3v) is 5.79. The molecule has 0 bridgehead atoms. The molecular formula is C21H22N2O4S. The highest BCUT2D eigenvalue weighted by molar-refractivity contribution is 7.89. The van der Waals surface area contributed by atoms with E-state index in [0.29, 0.717) is 12.3 Å². The van der Waals surface area contributed by atoms with E-state index in [2.05, 4.69) is 10.0 Å². The van der Waals surface area contributed by atoms with Crippen molar-refractivity contribution >= 4 is 26.7 Å². The van der Waals surface area contributed by atoms with Crippen LogP contribution in [0.2, 0.25) is 0 Å². The molecule has 0 fully saturated rings. The van der Waals surface area contributed by atoms with Gasteiger partial charge >= 0.3 is 0 Å². The maximum atomic E-state index is 12.8. The summed E-state index contributed by atoms with van der Waals surface area (Å²) in [6.45, 7) is 2.36. The van der Waals surface area contributed by atoms with Crippen LogP contribution in [0.15, 0.2) is 65.6 Å². The third-order valence-electron chi connectivity index (χ3n) is 4.40. The molecule has 0 radical (unpaired) electrons. The zero-order valence-corrected chi connectivity index (χ0v) is 16.5. The average Bonchev–Trinajstić information content (AvgIpc) is 2.72. The Morgan fingerprint density at radius 2 is 1.79 bits per heavy atom. The summed E-state index contributed by atoms with van der Waals surface area (Å²) in [7, 11) is -2.37. The largest absolute Gasteiger partial charge is 0.496 e. The van der Waals surface area contributed by atoms with Gasteiger partial charge in [-0.05, 0) is 41.5 Å². The van der Waals surface area contributed by atoms with Crippen molar-refractivity contribution in [3.8, 4) is 5.75 Å². The molecule has 0 atom stereocenters. The van der Waals surface area contributed by atoms with Gasteiger partial charge in [0.1, 0.15) is 5.75 Å². The zero-order chi connectivity index (χ0) is 20.1. The van der Waals surface area contributed by atoms with E-state index >= 15 is 0 Å². The highest BCUT2D eigenvalue weighted by atomic mass is 32.2. The molecule has 0 saturated carbocycles. The summed E-state index contributed by atoms with van der Waals surface area (Å²) in [5.41, 5.74) is 1.05. The fraction of sp³-hybridized carbons (Fsp3) is 0.190. The summed E-state index contributed by atoms with van der Waals surface area (Å²) in [4.78, 5) is 12.2. The van der Waals surface area contributed by atoms with Gasteiger partial charge in [0.05, 0.1) is 17.6 Å². The van der Waals surface area contributed by atoms with Crippen molar-refractivity contribution in [2.75, 3.05) is 13.7 Å². The number of rotatable bonds is 7. The van der Waals surface area contributed by atoms with Crippen LogP contribution in [0.3, 0.4) is 0 Å². The lowest BCUT2D eigenvalue weighted by Crippen LogP contribution is -2.26. The van der Waals surface area contributed by atoms with Crippen molar-refractivity contribution in [1.29, 1.82) is 0 Å². The molecule has 0 saturated heterocycles. The summed E-state index contributed by atoms with van der Waals surface area (Å²) < 4.78 is 33.4. The van der Waals surface area contributed by atoms with Crippen LogP contribution in [0.1, 0.15) is 22.8 Å². The number of ether oxygens (including phenoxy) is 1. The van der Waals surface area contributed by atoms with E-state index in [1.165, 1.54) is 25.3 Å². The van der Waals surface area contributed by atoms with Gasteiger partial charge in [0.2, 0.25) is 10.0 Å². The van der Waals surface area contributed by atoms with E-state index in [1.807, 2.05) is 42.5 Å². The van der Waals surface area contributed by atoms with Crippen LogP contribution < -0.4 is 14.8 Å². The predicted octanol–water partition coefficient (Wildman–Crippen LogP) is 3.08. The maximum Gasteiger partial charge on any atom is 0.255 e. The standard InChI is InChI=1S/C21H22N2O4S/c1-3-22-21(24)19-13-17(11-12-20(19)27-2)28(25,26)23-14-16-9-6-8-15-7-4-5-10-18(15)16/h4-13,23H,3,14H2,1-2H3,(H,22,24). The van der Waals surface area contributed by atoms with Crippen LogP contribution in [0, 0.1) is 0 Å². The van der Waals surface area contributed by atoms with E-state index < -0.39 is 10.0 Å². The van der Waals surface area contributed by atoms with Crippen LogP contribution in [-0.4, -0.2) is 28.0 Å². The van der Waals surface area contributed by atoms with Gasteiger partial charge in [-0.2, -0.15) is 0 Å². The van der Waals surface area contributed by atoms with Crippen molar-refractivity contribution in [1.82, 2.24) is 10.0 Å². The Bertz CT molecular complexity index is 1110. The summed E-state index contributed by atoms with van der Waals surface area (Å²) in [5, 5.41) is 4.69. The molecule has 0 heterocycles. The lowest BCUT2D eigenvalue weighted by molar-refractivity contribution is 0.0952. The molecule has 0 aliphatic rings. The van der Waals surface area contributed by atoms with Crippen molar-refractivity contribution in [3.63, 3.8) is 0 Å². The highest BCUT2D eigenvalue weighted by Gasteiger charge is 2.19. The molecule has 7 heteroatoms. The first kappa shape index (κ1) is 19.9. The Balaban J connectivity index is 1.88. The topological polar surface area (TPSA) is 84.5 Å². The molecule has 2 N–H and O–H groups in total. The van der Waals surface area contributed by atoms with Gasteiger partial charge in [0.25, 0.3) is 5.91 Å². The smallest absolute Gasteiger partial charge is 0.255 e. The van der Waals surface area contributed by atoms with E-state index in [9.17, 15) is 13.2 Å². The Morgan fingerprint density at radius 3 is 2.54 bits per heavy atom. The molecule has 1 amide bonds. The number of sulfonamides is 1. The Morgan fingerprint density at radius 1 is 1.04 bits per heavy atom. The maximum absolute atomic E-state index is 12.8. The minimum atomic E-state index is -3.81. The number of hydrogen-bond donors (Lipinski definition) is 2. The van der Waals surface area contributed by atoms with E-state index in [4.69, 9.17) is 4.74 Å². The number of methoxy groups -OCH3 is 1. The van der Waals surface area contributed by atoms with Crippen molar-refractivity contribution in [2.24, 2.45) is 0 Å². The van der Waals surface area contributed by atoms with Crippen LogP contribution in [0.25, 0.3) is 10.8 Å². The number of hydrogen-bond acceptors (Lipinski definition) is 4. The Kier molecular flexibility index (Phi) is 5.96. The second kappa shape index (κ2) is 8.41. The Hall–Kier alpha value is -2.90. The lowest BCUT2D eigenvalue weighted by atomic mass is 10.1. The minimum absolute atomic E-state index is 0.00906. The molecule has 0 unspecified atom stereocenters. The van der Waals surface area contributed by atoms with Crippen LogP contribution >= 0.6 is 0 Å². The fourth-order valence-electron chi connectivity index (χ4n) is 2.99. The van der Waals surface area contributed by atoms with Crippen molar-refractivity contribution in [3.05, 3.63) is 71.8 Å². The lowest BCUT2D eigenvalue weighted by Gasteiger charge is -2.12. The van der Waals surface area contributed by atoms with Gasteiger partial charge in [0, 0.05) is 13.1 Å². The van der Waals surface area contributed by atoms with Crippen molar-refractivity contribution in [2.45, 2.75) is 18.4 Å². The number of fused-ring (bicyclic) bond motifs is 1. The highest BCUT2D eigenvalue weighted by Crippen LogP contribution is 2.23. The zero-order valence-electron chi connectivity index (χ0n) is 15.7. The van der Waals surface area contributed by atoms with Crippen molar-refractivity contribution < 1.29 is 17.9 Å². The monoisotopic (exact) mass is 398 g/mol. The molecule has 3 aromatic rings. The molecule has 28 heavy (non-hydrogen) atoms. The molecule has 0 aromatic heterocycles. The molecule has 0 aliphatic carbocycles. The summed E-state index contributed by atoms with van der Waals surface area (Å²) in [5.74, 6) is -0.0654. The molecule has 146 valence electrons. The second-order valence-corrected chi connectivity index (χ2v) is 7.95. The van der Waals surface area contributed by atoms with Gasteiger partial charge in [-0.1, -0.05) is 42.5 Å². The van der Waals surface area contributed by atoms with Gasteiger partial charge < -0.3 is 10.1 Å². The average molecular weight is 398 g/mol. The number of amides is 1. The number of carbonyl (C=O) groups is 1. The summed E-state index contributed by atoms with van der Waals surface area (Å²) >= 11 is 0. The van der Waals surface area contributed by atoms with Gasteiger partial charge in [-0.25, -0.2) is 13.1 Å². The third kappa shape index (κ3) is 4.16. The van der Waals surface area contributed by atoms with E-state index in [-0.39, 0.29) is 22.9 Å². The first-order valence-electron chi connectivity index (χ1n) is 8.89. The molecule has 0 aliphatic heterocycles. The van der Waals surface area contributed by atoms with Gasteiger partial charge in [0.15, 0.2) is 0 Å². The minimum Gasteiger partial charge on any atom is -0.496 e. The normalized spacial score (nSPS) is 11.4. The SMILES string of the molecule is CCNC(=O)c1cc(S(=O)(=O)NCc2cccc3ccccc23)ccc1OC. The van der Waals surface area contributed by atoms with Gasteiger partial charge in [-0.3, -0.25) is 4.79 Å². The summed E-state index contributed by atoms with van der Waals surface area (Å²) in [6, 6.07) is 17.8. The quantitative estimate of drug-likeness (QED) is 0.641. The molecule has 6 nitrogen and oxygen atoms in total. The predicted molar refractivity (Wildman–Crippen MR) is 109 cm³/mol. The molecule has 3 aromatic carbocycles. The van der Waals surface area contributed by atoms with E-state index in [1.54, 1.807) is 6.92 Å².